The molecule has 0 unspecified atom stereocenters. The minimum absolute atomic E-state index is 0.664. The maximum atomic E-state index is 6.22. The lowest BCUT2D eigenvalue weighted by Crippen LogP contribution is -2.44. The van der Waals surface area contributed by atoms with Crippen molar-refractivity contribution in [3.8, 4) is 11.5 Å². The maximum Gasteiger partial charge on any atom is 0.131 e. The van der Waals surface area contributed by atoms with Gasteiger partial charge in [0.25, 0.3) is 0 Å². The molecule has 1 aliphatic heterocycles. The third-order valence-corrected chi connectivity index (χ3v) is 5.79. The van der Waals surface area contributed by atoms with Crippen LogP contribution >= 0.6 is 0 Å². The van der Waals surface area contributed by atoms with Crippen molar-refractivity contribution in [2.75, 3.05) is 19.6 Å². The van der Waals surface area contributed by atoms with E-state index in [-0.39, 0.29) is 0 Å². The molecule has 1 saturated heterocycles. The summed E-state index contributed by atoms with van der Waals surface area (Å²) in [6, 6.07) is 19.3. The van der Waals surface area contributed by atoms with Crippen LogP contribution in [0.2, 0.25) is 0 Å². The Labute approximate surface area is 164 Å². The van der Waals surface area contributed by atoms with E-state index in [4.69, 9.17) is 4.74 Å². The number of hydrogen-bond acceptors (Lipinski definition) is 3. The third-order valence-electron chi connectivity index (χ3n) is 5.79. The zero-order chi connectivity index (χ0) is 18.9. The molecule has 0 aromatic heterocycles. The van der Waals surface area contributed by atoms with Crippen molar-refractivity contribution < 1.29 is 4.74 Å². The normalized spacial score (nSPS) is 15.4. The topological polar surface area (TPSA) is 24.5 Å². The predicted octanol–water partition coefficient (Wildman–Crippen LogP) is 5.47. The van der Waals surface area contributed by atoms with E-state index < -0.39 is 0 Å². The number of piperidine rings is 1. The Bertz CT molecular complexity index is 663. The van der Waals surface area contributed by atoms with E-state index in [1.165, 1.54) is 37.8 Å². The first-order valence-corrected chi connectivity index (χ1v) is 10.6. The van der Waals surface area contributed by atoms with Crippen molar-refractivity contribution in [2.45, 2.75) is 52.1 Å². The summed E-state index contributed by atoms with van der Waals surface area (Å²) in [5.41, 5.74) is 1.28. The SMILES string of the molecule is CCC(CC)CN(Cc1ccccc1Oc1ccccc1)C1CCNCC1. The van der Waals surface area contributed by atoms with Gasteiger partial charge in [0.2, 0.25) is 0 Å². The van der Waals surface area contributed by atoms with Gasteiger partial charge in [-0.3, -0.25) is 4.90 Å². The number of hydrogen-bond donors (Lipinski definition) is 1. The fourth-order valence-corrected chi connectivity index (χ4v) is 3.96. The van der Waals surface area contributed by atoms with E-state index in [9.17, 15) is 0 Å². The van der Waals surface area contributed by atoms with Crippen LogP contribution in [0.1, 0.15) is 45.1 Å². The Balaban J connectivity index is 1.78. The Morgan fingerprint density at radius 2 is 1.63 bits per heavy atom. The first kappa shape index (κ1) is 19.9. The van der Waals surface area contributed by atoms with Crippen molar-refractivity contribution >= 4 is 0 Å². The molecule has 0 saturated carbocycles. The van der Waals surface area contributed by atoms with Gasteiger partial charge in [0.15, 0.2) is 0 Å². The maximum absolute atomic E-state index is 6.22. The quantitative estimate of drug-likeness (QED) is 0.637. The highest BCUT2D eigenvalue weighted by Gasteiger charge is 2.24. The Hall–Kier alpha value is -1.84. The van der Waals surface area contributed by atoms with Gasteiger partial charge in [-0.2, -0.15) is 0 Å². The number of nitrogens with zero attached hydrogens (tertiary/aromatic N) is 1. The molecule has 1 heterocycles. The standard InChI is InChI=1S/C24H34N2O/c1-3-20(4-2)18-26(22-14-16-25-17-15-22)19-21-10-8-9-13-24(21)27-23-11-6-5-7-12-23/h5-13,20,22,25H,3-4,14-19H2,1-2H3. The molecule has 0 bridgehead atoms. The predicted molar refractivity (Wildman–Crippen MR) is 113 cm³/mol. The fourth-order valence-electron chi connectivity index (χ4n) is 3.96. The zero-order valence-electron chi connectivity index (χ0n) is 16.9. The van der Waals surface area contributed by atoms with Gasteiger partial charge in [-0.05, 0) is 50.0 Å². The monoisotopic (exact) mass is 366 g/mol. The van der Waals surface area contributed by atoms with Crippen molar-refractivity contribution in [1.29, 1.82) is 0 Å². The van der Waals surface area contributed by atoms with Crippen LogP contribution in [0.3, 0.4) is 0 Å². The lowest BCUT2D eigenvalue weighted by molar-refractivity contribution is 0.126. The number of ether oxygens (including phenoxy) is 1. The average Bonchev–Trinajstić information content (AvgIpc) is 2.73. The number of para-hydroxylation sites is 2. The van der Waals surface area contributed by atoms with Crippen LogP contribution in [0.4, 0.5) is 0 Å². The second-order valence-corrected chi connectivity index (χ2v) is 7.62. The Morgan fingerprint density at radius 3 is 2.33 bits per heavy atom. The van der Waals surface area contributed by atoms with Gasteiger partial charge in [0, 0.05) is 24.7 Å². The molecule has 0 aliphatic carbocycles. The van der Waals surface area contributed by atoms with E-state index in [0.717, 1.165) is 37.1 Å². The summed E-state index contributed by atoms with van der Waals surface area (Å²) < 4.78 is 6.22. The van der Waals surface area contributed by atoms with Crippen molar-refractivity contribution in [3.63, 3.8) is 0 Å². The molecular formula is C24H34N2O. The van der Waals surface area contributed by atoms with E-state index in [1.54, 1.807) is 0 Å². The summed E-state index contributed by atoms with van der Waals surface area (Å²) >= 11 is 0. The molecule has 0 radical (unpaired) electrons. The highest BCUT2D eigenvalue weighted by atomic mass is 16.5. The minimum Gasteiger partial charge on any atom is -0.457 e. The molecule has 3 heteroatoms. The van der Waals surface area contributed by atoms with E-state index >= 15 is 0 Å². The highest BCUT2D eigenvalue weighted by Crippen LogP contribution is 2.28. The lowest BCUT2D eigenvalue weighted by Gasteiger charge is -2.37. The highest BCUT2D eigenvalue weighted by molar-refractivity contribution is 5.37. The average molecular weight is 367 g/mol. The summed E-state index contributed by atoms with van der Waals surface area (Å²) in [4.78, 5) is 2.71. The van der Waals surface area contributed by atoms with Crippen molar-refractivity contribution in [1.82, 2.24) is 10.2 Å². The van der Waals surface area contributed by atoms with E-state index in [0.29, 0.717) is 6.04 Å². The van der Waals surface area contributed by atoms with Crippen LogP contribution in [0, 0.1) is 5.92 Å². The first-order chi connectivity index (χ1) is 13.3. The largest absolute Gasteiger partial charge is 0.457 e. The zero-order valence-corrected chi connectivity index (χ0v) is 16.9. The fraction of sp³-hybridized carbons (Fsp3) is 0.500. The second-order valence-electron chi connectivity index (χ2n) is 7.62. The molecule has 1 aliphatic rings. The van der Waals surface area contributed by atoms with Gasteiger partial charge in [0.05, 0.1) is 0 Å². The summed E-state index contributed by atoms with van der Waals surface area (Å²) in [7, 11) is 0. The molecule has 3 rings (SSSR count). The first-order valence-electron chi connectivity index (χ1n) is 10.6. The van der Waals surface area contributed by atoms with Crippen LogP contribution in [0.15, 0.2) is 54.6 Å². The molecule has 146 valence electrons. The van der Waals surface area contributed by atoms with Crippen molar-refractivity contribution in [3.05, 3.63) is 60.2 Å². The lowest BCUT2D eigenvalue weighted by atomic mass is 9.98. The Kier molecular flexibility index (Phi) is 7.73. The summed E-state index contributed by atoms with van der Waals surface area (Å²) in [6.45, 7) is 9.04. The summed E-state index contributed by atoms with van der Waals surface area (Å²) in [6.07, 6.45) is 4.98. The molecule has 27 heavy (non-hydrogen) atoms. The Morgan fingerprint density at radius 1 is 0.963 bits per heavy atom. The molecule has 2 aromatic rings. The number of benzene rings is 2. The summed E-state index contributed by atoms with van der Waals surface area (Å²) in [5, 5.41) is 3.51. The molecular weight excluding hydrogens is 332 g/mol. The van der Waals surface area contributed by atoms with Gasteiger partial charge in [-0.1, -0.05) is 63.1 Å². The van der Waals surface area contributed by atoms with E-state index in [1.807, 2.05) is 30.3 Å². The van der Waals surface area contributed by atoms with Crippen LogP contribution in [-0.4, -0.2) is 30.6 Å². The van der Waals surface area contributed by atoms with Crippen molar-refractivity contribution in [2.24, 2.45) is 5.92 Å². The molecule has 3 nitrogen and oxygen atoms in total. The molecule has 2 aromatic carbocycles. The number of nitrogens with one attached hydrogen (secondary N) is 1. The smallest absolute Gasteiger partial charge is 0.131 e. The molecule has 1 N–H and O–H groups in total. The number of rotatable bonds is 9. The molecule has 1 fully saturated rings. The molecule has 0 spiro atoms. The van der Waals surface area contributed by atoms with Crippen LogP contribution in [-0.2, 0) is 6.54 Å². The third kappa shape index (κ3) is 5.82. The van der Waals surface area contributed by atoms with Crippen LogP contribution in [0.5, 0.6) is 11.5 Å². The molecule has 0 atom stereocenters. The summed E-state index contributed by atoms with van der Waals surface area (Å²) in [5.74, 6) is 2.65. The molecule has 0 amide bonds. The van der Waals surface area contributed by atoms with Gasteiger partial charge in [-0.25, -0.2) is 0 Å². The van der Waals surface area contributed by atoms with Gasteiger partial charge < -0.3 is 10.1 Å². The van der Waals surface area contributed by atoms with Crippen LogP contribution in [0.25, 0.3) is 0 Å². The second kappa shape index (κ2) is 10.5. The van der Waals surface area contributed by atoms with Crippen LogP contribution < -0.4 is 10.1 Å². The van der Waals surface area contributed by atoms with Gasteiger partial charge in [0.1, 0.15) is 11.5 Å². The van der Waals surface area contributed by atoms with Gasteiger partial charge >= 0.3 is 0 Å². The minimum atomic E-state index is 0.664. The van der Waals surface area contributed by atoms with E-state index in [2.05, 4.69) is 48.3 Å². The van der Waals surface area contributed by atoms with Gasteiger partial charge in [-0.15, -0.1) is 0 Å².